The van der Waals surface area contributed by atoms with Crippen LogP contribution in [0.3, 0.4) is 0 Å². The molecule has 0 heterocycles. The van der Waals surface area contributed by atoms with E-state index in [1.54, 1.807) is 12.1 Å². The highest BCUT2D eigenvalue weighted by Crippen LogP contribution is 2.38. The zero-order valence-corrected chi connectivity index (χ0v) is 11.7. The summed E-state index contributed by atoms with van der Waals surface area (Å²) < 4.78 is 28.0. The molecule has 0 aliphatic heterocycles. The molecule has 0 aliphatic rings. The summed E-state index contributed by atoms with van der Waals surface area (Å²) in [5.74, 6) is 0.410. The van der Waals surface area contributed by atoms with Crippen molar-refractivity contribution in [1.29, 1.82) is 0 Å². The van der Waals surface area contributed by atoms with Crippen LogP contribution in [0.1, 0.15) is 0 Å². The van der Waals surface area contributed by atoms with Crippen molar-refractivity contribution in [3.05, 3.63) is 21.1 Å². The predicted molar refractivity (Wildman–Crippen MR) is 61.4 cm³/mol. The number of benzene rings is 1. The smallest absolute Gasteiger partial charge is 0.263 e. The second-order valence-corrected chi connectivity index (χ2v) is 6.48. The van der Waals surface area contributed by atoms with Crippen molar-refractivity contribution in [2.45, 2.75) is 4.90 Å². The van der Waals surface area contributed by atoms with Crippen LogP contribution < -0.4 is 4.74 Å². The van der Waals surface area contributed by atoms with Gasteiger partial charge in [0, 0.05) is 15.2 Å². The summed E-state index contributed by atoms with van der Waals surface area (Å²) in [5, 5.41) is 0. The molecule has 0 fully saturated rings. The Hall–Kier alpha value is 0.220. The molecule has 0 atom stereocenters. The lowest BCUT2D eigenvalue weighted by Gasteiger charge is -2.07. The van der Waals surface area contributed by atoms with Crippen LogP contribution in [0.15, 0.2) is 26.0 Å². The van der Waals surface area contributed by atoms with Gasteiger partial charge in [-0.15, -0.1) is 0 Å². The van der Waals surface area contributed by atoms with E-state index in [4.69, 9.17) is 15.4 Å². The van der Waals surface area contributed by atoms with Gasteiger partial charge in [-0.2, -0.15) is 0 Å². The SMILES string of the molecule is COc1ccc(Br)c(S(=O)(=O)Cl)c1Br. The average Bonchev–Trinajstić information content (AvgIpc) is 2.02. The van der Waals surface area contributed by atoms with Gasteiger partial charge in [0.15, 0.2) is 0 Å². The number of methoxy groups -OCH3 is 1. The van der Waals surface area contributed by atoms with Gasteiger partial charge in [-0.25, -0.2) is 8.42 Å². The lowest BCUT2D eigenvalue weighted by Crippen LogP contribution is -1.96. The number of rotatable bonds is 2. The fourth-order valence-electron chi connectivity index (χ4n) is 0.896. The van der Waals surface area contributed by atoms with Gasteiger partial charge in [0.05, 0.1) is 11.6 Å². The highest BCUT2D eigenvalue weighted by molar-refractivity contribution is 9.11. The van der Waals surface area contributed by atoms with Crippen molar-refractivity contribution in [2.75, 3.05) is 7.11 Å². The first kappa shape index (κ1) is 12.3. The third kappa shape index (κ3) is 2.42. The molecule has 3 nitrogen and oxygen atoms in total. The van der Waals surface area contributed by atoms with Crippen LogP contribution in [0, 0.1) is 0 Å². The molecule has 0 saturated heterocycles. The van der Waals surface area contributed by atoms with E-state index in [1.165, 1.54) is 7.11 Å². The van der Waals surface area contributed by atoms with Gasteiger partial charge in [0.25, 0.3) is 9.05 Å². The Morgan fingerprint density at radius 3 is 2.36 bits per heavy atom. The van der Waals surface area contributed by atoms with Crippen LogP contribution in [-0.4, -0.2) is 15.5 Å². The third-order valence-corrected chi connectivity index (χ3v) is 4.82. The number of halogens is 3. The van der Waals surface area contributed by atoms with Gasteiger partial charge >= 0.3 is 0 Å². The Morgan fingerprint density at radius 1 is 1.36 bits per heavy atom. The van der Waals surface area contributed by atoms with E-state index in [2.05, 4.69) is 31.9 Å². The Bertz CT molecular complexity index is 458. The van der Waals surface area contributed by atoms with Crippen molar-refractivity contribution in [1.82, 2.24) is 0 Å². The van der Waals surface area contributed by atoms with Gasteiger partial charge < -0.3 is 4.74 Å². The molecule has 1 rings (SSSR count). The molecule has 0 spiro atoms. The molecule has 0 aromatic heterocycles. The summed E-state index contributed by atoms with van der Waals surface area (Å²) in [5.41, 5.74) is 0. The maximum Gasteiger partial charge on any atom is 0.263 e. The van der Waals surface area contributed by atoms with Gasteiger partial charge in [-0.05, 0) is 44.0 Å². The molecule has 0 N–H and O–H groups in total. The third-order valence-electron chi connectivity index (χ3n) is 1.48. The number of hydrogen-bond acceptors (Lipinski definition) is 3. The molecule has 7 heteroatoms. The summed E-state index contributed by atoms with van der Waals surface area (Å²) in [6.45, 7) is 0. The van der Waals surface area contributed by atoms with E-state index < -0.39 is 9.05 Å². The van der Waals surface area contributed by atoms with E-state index >= 15 is 0 Å². The van der Waals surface area contributed by atoms with Gasteiger partial charge in [0.1, 0.15) is 10.6 Å². The number of ether oxygens (including phenoxy) is 1. The molecule has 78 valence electrons. The Labute approximate surface area is 103 Å². The highest BCUT2D eigenvalue weighted by atomic mass is 79.9. The van der Waals surface area contributed by atoms with Crippen molar-refractivity contribution in [2.24, 2.45) is 0 Å². The van der Waals surface area contributed by atoms with Crippen LogP contribution in [0.4, 0.5) is 0 Å². The normalized spacial score (nSPS) is 11.4. The first-order valence-corrected chi connectivity index (χ1v) is 7.24. The van der Waals surface area contributed by atoms with Crippen molar-refractivity contribution < 1.29 is 13.2 Å². The summed E-state index contributed by atoms with van der Waals surface area (Å²) in [4.78, 5) is -0.0292. The average molecular weight is 364 g/mol. The van der Waals surface area contributed by atoms with E-state index in [0.29, 0.717) is 14.7 Å². The predicted octanol–water partition coefficient (Wildman–Crippen LogP) is 3.15. The molecular weight excluding hydrogens is 359 g/mol. The van der Waals surface area contributed by atoms with E-state index in [1.807, 2.05) is 0 Å². The summed E-state index contributed by atoms with van der Waals surface area (Å²) in [7, 11) is 2.90. The summed E-state index contributed by atoms with van der Waals surface area (Å²) >= 11 is 6.21. The van der Waals surface area contributed by atoms with E-state index in [0.717, 1.165) is 0 Å². The van der Waals surface area contributed by atoms with Crippen molar-refractivity contribution in [3.8, 4) is 5.75 Å². The van der Waals surface area contributed by atoms with Crippen LogP contribution in [0.25, 0.3) is 0 Å². The molecule has 14 heavy (non-hydrogen) atoms. The second kappa shape index (κ2) is 4.38. The molecule has 1 aromatic carbocycles. The minimum Gasteiger partial charge on any atom is -0.496 e. The summed E-state index contributed by atoms with van der Waals surface area (Å²) in [6.07, 6.45) is 0. The van der Waals surface area contributed by atoms with Gasteiger partial charge in [0.2, 0.25) is 0 Å². The van der Waals surface area contributed by atoms with E-state index in [-0.39, 0.29) is 4.90 Å². The molecule has 0 amide bonds. The molecule has 0 radical (unpaired) electrons. The van der Waals surface area contributed by atoms with Crippen molar-refractivity contribution in [3.63, 3.8) is 0 Å². The molecule has 0 unspecified atom stereocenters. The fourth-order valence-corrected chi connectivity index (χ4v) is 4.93. The first-order chi connectivity index (χ1) is 6.38. The van der Waals surface area contributed by atoms with Gasteiger partial charge in [-0.3, -0.25) is 0 Å². The first-order valence-electron chi connectivity index (χ1n) is 3.34. The Morgan fingerprint density at radius 2 is 1.93 bits per heavy atom. The summed E-state index contributed by atoms with van der Waals surface area (Å²) in [6, 6.07) is 3.18. The minimum absolute atomic E-state index is 0.0292. The molecule has 0 aliphatic carbocycles. The Balaban J connectivity index is 3.57. The standard InChI is InChI=1S/C7H5Br2ClO3S/c1-13-5-3-2-4(8)7(6(5)9)14(10,11)12/h2-3H,1H3. The maximum atomic E-state index is 11.2. The lowest BCUT2D eigenvalue weighted by atomic mass is 10.3. The largest absolute Gasteiger partial charge is 0.496 e. The fraction of sp³-hybridized carbons (Fsp3) is 0.143. The molecule has 0 saturated carbocycles. The molecular formula is C7H5Br2ClO3S. The monoisotopic (exact) mass is 362 g/mol. The van der Waals surface area contributed by atoms with Crippen LogP contribution in [0.2, 0.25) is 0 Å². The highest BCUT2D eigenvalue weighted by Gasteiger charge is 2.21. The topological polar surface area (TPSA) is 43.4 Å². The van der Waals surface area contributed by atoms with Crippen LogP contribution >= 0.6 is 42.5 Å². The quantitative estimate of drug-likeness (QED) is 0.757. The lowest BCUT2D eigenvalue weighted by molar-refractivity contribution is 0.410. The van der Waals surface area contributed by atoms with Crippen LogP contribution in [-0.2, 0) is 9.05 Å². The molecule has 1 aromatic rings. The zero-order valence-electron chi connectivity index (χ0n) is 6.92. The van der Waals surface area contributed by atoms with Crippen molar-refractivity contribution >= 4 is 51.6 Å². The Kier molecular flexibility index (Phi) is 3.85. The van der Waals surface area contributed by atoms with Crippen LogP contribution in [0.5, 0.6) is 5.75 Å². The van der Waals surface area contributed by atoms with E-state index in [9.17, 15) is 8.42 Å². The second-order valence-electron chi connectivity index (χ2n) is 2.33. The minimum atomic E-state index is -3.80. The zero-order chi connectivity index (χ0) is 10.9. The number of hydrogen-bond donors (Lipinski definition) is 0. The molecule has 0 bridgehead atoms. The van der Waals surface area contributed by atoms with Gasteiger partial charge in [-0.1, -0.05) is 0 Å². The maximum absolute atomic E-state index is 11.2.